The van der Waals surface area contributed by atoms with E-state index in [1.54, 1.807) is 48.8 Å². The molecule has 1 amide bonds. The minimum absolute atomic E-state index is 0.212. The molecule has 0 bridgehead atoms. The van der Waals surface area contributed by atoms with Crippen LogP contribution in [0.15, 0.2) is 103 Å². The summed E-state index contributed by atoms with van der Waals surface area (Å²) < 4.78 is 71.0. The molecule has 0 spiro atoms. The van der Waals surface area contributed by atoms with E-state index in [1.807, 2.05) is 0 Å². The van der Waals surface area contributed by atoms with Gasteiger partial charge in [0.1, 0.15) is 47.4 Å². The number of carboxylic acids is 1. The van der Waals surface area contributed by atoms with Gasteiger partial charge in [-0.3, -0.25) is 14.5 Å². The standard InChI is InChI=1S/C35H28F2N6O7S/c1-49-30-4-3-5-31(50-2)32(30)25-11-6-20(26-17-38-13-12-24(25)26)14-29(35(45)46)41-34(44)33-27(36)15-21(16-28(33)37)42-51(47,48)23-9-7-22(8-10-23)43-19-39-18-40-43/h3-13,15-19,29,42H,14H2,1-2H3,(H,41,44)(H,45,46)/t29-/m1/s1. The Labute approximate surface area is 289 Å². The molecule has 3 N–H and O–H groups in total. The van der Waals surface area contributed by atoms with Crippen molar-refractivity contribution < 1.29 is 41.4 Å². The molecule has 1 atom stereocenters. The number of anilines is 1. The zero-order valence-electron chi connectivity index (χ0n) is 26.9. The smallest absolute Gasteiger partial charge is 0.326 e. The molecule has 6 aromatic rings. The van der Waals surface area contributed by atoms with Crippen LogP contribution in [0.5, 0.6) is 11.5 Å². The van der Waals surface area contributed by atoms with Gasteiger partial charge in [0, 0.05) is 24.2 Å². The number of hydrogen-bond donors (Lipinski definition) is 3. The number of rotatable bonds is 12. The van der Waals surface area contributed by atoms with Crippen LogP contribution in [0.4, 0.5) is 14.5 Å². The summed E-state index contributed by atoms with van der Waals surface area (Å²) in [6.45, 7) is 0. The van der Waals surface area contributed by atoms with E-state index in [9.17, 15) is 23.1 Å². The van der Waals surface area contributed by atoms with E-state index in [0.717, 1.165) is 0 Å². The Balaban J connectivity index is 1.23. The number of benzene rings is 4. The number of aromatic nitrogens is 4. The van der Waals surface area contributed by atoms with Crippen LogP contribution in [0.1, 0.15) is 15.9 Å². The average molecular weight is 715 g/mol. The number of aliphatic carboxylic acids is 1. The molecule has 0 radical (unpaired) electrons. The summed E-state index contributed by atoms with van der Waals surface area (Å²) in [5.41, 5.74) is 0.780. The van der Waals surface area contributed by atoms with Crippen LogP contribution in [-0.4, -0.2) is 65.4 Å². The number of nitrogens with zero attached hydrogens (tertiary/aromatic N) is 4. The molecule has 0 saturated carbocycles. The number of carboxylic acid groups (broad SMARTS) is 1. The zero-order chi connectivity index (χ0) is 36.3. The predicted molar refractivity (Wildman–Crippen MR) is 181 cm³/mol. The van der Waals surface area contributed by atoms with Crippen molar-refractivity contribution in [3.63, 3.8) is 0 Å². The third-order valence-electron chi connectivity index (χ3n) is 7.98. The Bertz CT molecular complexity index is 2330. The van der Waals surface area contributed by atoms with Gasteiger partial charge >= 0.3 is 5.97 Å². The topological polar surface area (TPSA) is 175 Å². The zero-order valence-corrected chi connectivity index (χ0v) is 27.7. The van der Waals surface area contributed by atoms with Crippen molar-refractivity contribution >= 4 is 38.4 Å². The van der Waals surface area contributed by atoms with Crippen molar-refractivity contribution in [3.05, 3.63) is 121 Å². The highest BCUT2D eigenvalue weighted by molar-refractivity contribution is 7.92. The van der Waals surface area contributed by atoms with Gasteiger partial charge in [-0.1, -0.05) is 18.2 Å². The summed E-state index contributed by atoms with van der Waals surface area (Å²) in [5.74, 6) is -4.57. The Morgan fingerprint density at radius 2 is 1.61 bits per heavy atom. The fourth-order valence-electron chi connectivity index (χ4n) is 5.59. The van der Waals surface area contributed by atoms with Crippen molar-refractivity contribution in [3.8, 4) is 28.3 Å². The van der Waals surface area contributed by atoms with E-state index in [4.69, 9.17) is 9.47 Å². The van der Waals surface area contributed by atoms with Crippen molar-refractivity contribution in [1.29, 1.82) is 0 Å². The predicted octanol–water partition coefficient (Wildman–Crippen LogP) is 5.00. The fraction of sp³-hybridized carbons (Fsp3) is 0.114. The second-order valence-electron chi connectivity index (χ2n) is 11.1. The minimum Gasteiger partial charge on any atom is -0.496 e. The lowest BCUT2D eigenvalue weighted by molar-refractivity contribution is -0.139. The number of fused-ring (bicyclic) bond motifs is 1. The molecule has 16 heteroatoms. The molecule has 0 fully saturated rings. The molecule has 2 heterocycles. The molecular weight excluding hydrogens is 686 g/mol. The number of carbonyl (C=O) groups excluding carboxylic acids is 1. The van der Waals surface area contributed by atoms with Crippen LogP contribution in [0, 0.1) is 11.6 Å². The molecule has 2 aromatic heterocycles. The average Bonchev–Trinajstić information content (AvgIpc) is 3.66. The number of hydrogen-bond acceptors (Lipinski definition) is 9. The molecule has 6 rings (SSSR count). The Morgan fingerprint density at radius 3 is 2.22 bits per heavy atom. The highest BCUT2D eigenvalue weighted by atomic mass is 32.2. The summed E-state index contributed by atoms with van der Waals surface area (Å²) >= 11 is 0. The van der Waals surface area contributed by atoms with Gasteiger partial charge in [0.15, 0.2) is 0 Å². The fourth-order valence-corrected chi connectivity index (χ4v) is 6.63. The van der Waals surface area contributed by atoms with Gasteiger partial charge in [-0.25, -0.2) is 31.7 Å². The summed E-state index contributed by atoms with van der Waals surface area (Å²) in [7, 11) is -1.26. The number of sulfonamides is 1. The lowest BCUT2D eigenvalue weighted by Gasteiger charge is -2.19. The van der Waals surface area contributed by atoms with E-state index in [-0.39, 0.29) is 11.3 Å². The normalized spacial score (nSPS) is 11.9. The van der Waals surface area contributed by atoms with Crippen molar-refractivity contribution in [2.24, 2.45) is 0 Å². The monoisotopic (exact) mass is 714 g/mol. The SMILES string of the molecule is COc1cccc(OC)c1-c1ccc(C[C@@H](NC(=O)c2c(F)cc(NS(=O)(=O)c3ccc(-n4cncn4)cc3)cc2F)C(=O)O)c2cnccc12. The van der Waals surface area contributed by atoms with Crippen LogP contribution >= 0.6 is 0 Å². The summed E-state index contributed by atoms with van der Waals surface area (Å²) in [6, 6.07) is 15.6. The number of amides is 1. The van der Waals surface area contributed by atoms with Gasteiger partial charge in [0.25, 0.3) is 15.9 Å². The number of nitrogens with one attached hydrogen (secondary N) is 2. The molecule has 0 aliphatic heterocycles. The van der Waals surface area contributed by atoms with Crippen LogP contribution in [0.25, 0.3) is 27.6 Å². The van der Waals surface area contributed by atoms with Crippen molar-refractivity contribution in [2.75, 3.05) is 18.9 Å². The van der Waals surface area contributed by atoms with E-state index >= 15 is 8.78 Å². The molecule has 0 aliphatic rings. The molecule has 0 unspecified atom stereocenters. The first kappa shape index (κ1) is 34.4. The lowest BCUT2D eigenvalue weighted by atomic mass is 9.92. The van der Waals surface area contributed by atoms with Gasteiger partial charge < -0.3 is 19.9 Å². The molecular formula is C35H28F2N6O7S. The Morgan fingerprint density at radius 1 is 0.922 bits per heavy atom. The van der Waals surface area contributed by atoms with Crippen LogP contribution in [-0.2, 0) is 21.2 Å². The number of pyridine rings is 1. The third-order valence-corrected chi connectivity index (χ3v) is 9.38. The number of carbonyl (C=O) groups is 2. The molecule has 13 nitrogen and oxygen atoms in total. The molecule has 51 heavy (non-hydrogen) atoms. The summed E-state index contributed by atoms with van der Waals surface area (Å²) in [6.07, 6.45) is 5.56. The van der Waals surface area contributed by atoms with Gasteiger partial charge in [-0.15, -0.1) is 0 Å². The Kier molecular flexibility index (Phi) is 9.59. The number of halogens is 2. The van der Waals surface area contributed by atoms with Gasteiger partial charge in [-0.05, 0) is 71.1 Å². The van der Waals surface area contributed by atoms with Gasteiger partial charge in [0.05, 0.1) is 36.1 Å². The van der Waals surface area contributed by atoms with E-state index in [1.165, 1.54) is 55.8 Å². The molecule has 4 aromatic carbocycles. The van der Waals surface area contributed by atoms with E-state index in [0.29, 0.717) is 56.8 Å². The number of ether oxygens (including phenoxy) is 2. The lowest BCUT2D eigenvalue weighted by Crippen LogP contribution is -2.43. The van der Waals surface area contributed by atoms with Crippen LogP contribution in [0.3, 0.4) is 0 Å². The first-order valence-corrected chi connectivity index (χ1v) is 16.6. The van der Waals surface area contributed by atoms with Gasteiger partial charge in [-0.2, -0.15) is 5.10 Å². The first-order valence-electron chi connectivity index (χ1n) is 15.1. The maximum Gasteiger partial charge on any atom is 0.326 e. The first-order chi connectivity index (χ1) is 24.5. The van der Waals surface area contributed by atoms with Gasteiger partial charge in [0.2, 0.25) is 0 Å². The summed E-state index contributed by atoms with van der Waals surface area (Å²) in [4.78, 5) is 33.3. The minimum atomic E-state index is -4.30. The quantitative estimate of drug-likeness (QED) is 0.156. The number of methoxy groups -OCH3 is 2. The highest BCUT2D eigenvalue weighted by Gasteiger charge is 2.27. The second kappa shape index (κ2) is 14.2. The molecule has 0 aliphatic carbocycles. The van der Waals surface area contributed by atoms with E-state index < -0.39 is 50.8 Å². The molecule has 0 saturated heterocycles. The van der Waals surface area contributed by atoms with Crippen molar-refractivity contribution in [1.82, 2.24) is 25.1 Å². The van der Waals surface area contributed by atoms with E-state index in [2.05, 4.69) is 25.1 Å². The van der Waals surface area contributed by atoms with Crippen LogP contribution < -0.4 is 19.5 Å². The maximum absolute atomic E-state index is 15.2. The van der Waals surface area contributed by atoms with Crippen molar-refractivity contribution in [2.45, 2.75) is 17.4 Å². The highest BCUT2D eigenvalue weighted by Crippen LogP contribution is 2.42. The third kappa shape index (κ3) is 7.02. The Hall–Kier alpha value is -6.42. The maximum atomic E-state index is 15.2. The summed E-state index contributed by atoms with van der Waals surface area (Å²) in [5, 5.41) is 17.4. The second-order valence-corrected chi connectivity index (χ2v) is 12.7. The largest absolute Gasteiger partial charge is 0.496 e. The van der Waals surface area contributed by atoms with Crippen LogP contribution in [0.2, 0.25) is 0 Å². The molecule has 260 valence electrons.